The fourth-order valence-electron chi connectivity index (χ4n) is 13.9. The molecule has 540 valence electrons. The molecule has 4 aromatic carbocycles. The molecule has 4 saturated heterocycles. The number of aliphatic hydroxyl groups excluding tert-OH is 4. The van der Waals surface area contributed by atoms with Gasteiger partial charge in [-0.3, -0.25) is 59.0 Å². The fourth-order valence-corrected chi connectivity index (χ4v) is 13.9. The number of nitriles is 4. The average Bonchev–Trinajstić information content (AvgIpc) is 1.04. The standard InChI is InChI=1S/2C19H21N5O2.2C19H23N5O2/c2*1-11-9-24(10-14(11)23-19(26)18(25)12-2-3-12)15-5-4-13(8-20)16-17(15)22-7-6-21-16;2*1-11(2)18(25)19(26)23-14-10-24(9-12(14)3)15-5-4-13(8-20)16-17(15)22-7-6-21-16/h2*4-7,11-12,14,18,25H,2-3,9-10H2,1H3,(H,23,26);2*4-7,11-12,14,18,25H,9-10H2,1-3H3,(H,23,26)/t2*11-,14+,18?;12-,14+,18+;12-,14+,18-/m1111/s1. The highest BCUT2D eigenvalue weighted by molar-refractivity contribution is 5.95. The molecule has 8 aromatic rings. The summed E-state index contributed by atoms with van der Waals surface area (Å²) in [5.74, 6) is -0.262. The molecule has 6 fully saturated rings. The number of amides is 4. The van der Waals surface area contributed by atoms with E-state index in [0.717, 1.165) is 74.6 Å². The van der Waals surface area contributed by atoms with Gasteiger partial charge in [0.15, 0.2) is 0 Å². The Morgan fingerprint density at radius 1 is 0.356 bits per heavy atom. The molecule has 14 rings (SSSR count). The SMILES string of the molecule is CC(C)[C@@H](O)C(=O)N[C@H]1CN(c2ccc(C#N)c3nccnc23)C[C@H]1C.CC(C)[C@H](O)C(=O)N[C@H]1CN(c2ccc(C#N)c3nccnc23)C[C@H]1C.C[C@@H]1CN(c2ccc(C#N)c3nccnc23)C[C@@H]1NC(=O)C(O)C1CC1.C[C@@H]1CN(c2ccc(C#N)c3nccnc23)C[C@@H]1NC(=O)C(O)C1CC1. The Balaban J connectivity index is 0.000000139. The second-order valence-corrected chi connectivity index (χ2v) is 28.9. The van der Waals surface area contributed by atoms with Gasteiger partial charge in [0.25, 0.3) is 0 Å². The van der Waals surface area contributed by atoms with Gasteiger partial charge in [-0.1, -0.05) is 55.4 Å². The lowest BCUT2D eigenvalue weighted by Gasteiger charge is -2.22. The summed E-state index contributed by atoms with van der Waals surface area (Å²) < 4.78 is 0. The molecule has 8 N–H and O–H groups in total. The first kappa shape index (κ1) is 74.3. The highest BCUT2D eigenvalue weighted by Gasteiger charge is 2.41. The summed E-state index contributed by atoms with van der Waals surface area (Å²) >= 11 is 0. The number of carbonyl (C=O) groups is 4. The van der Waals surface area contributed by atoms with E-state index in [0.29, 0.717) is 92.6 Å². The molecule has 2 saturated carbocycles. The lowest BCUT2D eigenvalue weighted by Crippen LogP contribution is -2.46. The van der Waals surface area contributed by atoms with Crippen molar-refractivity contribution in [2.24, 2.45) is 47.3 Å². The average molecular weight is 1410 g/mol. The summed E-state index contributed by atoms with van der Waals surface area (Å²) in [5, 5.41) is 88.9. The minimum Gasteiger partial charge on any atom is -0.383 e. The molecule has 28 nitrogen and oxygen atoms in total. The van der Waals surface area contributed by atoms with Crippen molar-refractivity contribution in [1.29, 1.82) is 21.0 Å². The zero-order chi connectivity index (χ0) is 74.2. The normalized spacial score (nSPS) is 22.3. The number of fused-ring (bicyclic) bond motifs is 4. The Morgan fingerprint density at radius 2 is 0.567 bits per heavy atom. The predicted octanol–water partition coefficient (Wildman–Crippen LogP) is 5.35. The minimum absolute atomic E-state index is 0.0294. The molecule has 2 aliphatic carbocycles. The summed E-state index contributed by atoms with van der Waals surface area (Å²) in [6.45, 7) is 21.1. The van der Waals surface area contributed by atoms with Gasteiger partial charge in [-0.05, 0) is 122 Å². The maximum Gasteiger partial charge on any atom is 0.249 e. The van der Waals surface area contributed by atoms with Crippen LogP contribution in [-0.4, -0.2) is 185 Å². The lowest BCUT2D eigenvalue weighted by atomic mass is 10.0. The van der Waals surface area contributed by atoms with Gasteiger partial charge in [-0.2, -0.15) is 21.0 Å². The number of benzene rings is 4. The van der Waals surface area contributed by atoms with Crippen LogP contribution in [0.5, 0.6) is 0 Å². The fraction of sp³-hybridized carbons (Fsp3) is 0.474. The Bertz CT molecular complexity index is 4100. The first-order chi connectivity index (χ1) is 50.0. The predicted molar refractivity (Wildman–Crippen MR) is 389 cm³/mol. The van der Waals surface area contributed by atoms with Crippen LogP contribution in [0.3, 0.4) is 0 Å². The molecule has 0 bridgehead atoms. The molecular weight excluding hydrogens is 1320 g/mol. The van der Waals surface area contributed by atoms with E-state index in [1.54, 1.807) is 73.8 Å². The van der Waals surface area contributed by atoms with Crippen LogP contribution < -0.4 is 40.9 Å². The smallest absolute Gasteiger partial charge is 0.249 e. The summed E-state index contributed by atoms with van der Waals surface area (Å²) in [5.41, 5.74) is 10.8. The van der Waals surface area contributed by atoms with E-state index in [1.807, 2.05) is 52.0 Å². The van der Waals surface area contributed by atoms with Crippen LogP contribution in [0.1, 0.15) is 103 Å². The van der Waals surface area contributed by atoms with Crippen LogP contribution in [0.2, 0.25) is 0 Å². The zero-order valence-electron chi connectivity index (χ0n) is 59.5. The monoisotopic (exact) mass is 1410 g/mol. The van der Waals surface area contributed by atoms with Crippen molar-refractivity contribution in [3.05, 3.63) is 120 Å². The van der Waals surface area contributed by atoms with E-state index < -0.39 is 24.4 Å². The third kappa shape index (κ3) is 16.6. The summed E-state index contributed by atoms with van der Waals surface area (Å²) in [7, 11) is 0. The van der Waals surface area contributed by atoms with Crippen molar-refractivity contribution in [2.45, 2.75) is 130 Å². The number of aromatic nitrogens is 8. The van der Waals surface area contributed by atoms with E-state index in [9.17, 15) is 60.7 Å². The number of anilines is 4. The maximum absolute atomic E-state index is 12.2. The van der Waals surface area contributed by atoms with Crippen molar-refractivity contribution < 1.29 is 39.6 Å². The largest absolute Gasteiger partial charge is 0.383 e. The topological polar surface area (TPSA) is 409 Å². The summed E-state index contributed by atoms with van der Waals surface area (Å²) in [6, 6.07) is 23.0. The molecular formula is C76H88N20O8. The van der Waals surface area contributed by atoms with Crippen LogP contribution in [0.25, 0.3) is 44.1 Å². The molecule has 0 radical (unpaired) electrons. The Labute approximate surface area is 603 Å². The van der Waals surface area contributed by atoms with Gasteiger partial charge in [0.2, 0.25) is 23.6 Å². The number of aliphatic hydroxyl groups is 4. The second kappa shape index (κ2) is 32.6. The van der Waals surface area contributed by atoms with E-state index in [1.165, 1.54) is 0 Å². The van der Waals surface area contributed by atoms with Crippen LogP contribution in [-0.2, 0) is 19.2 Å². The first-order valence-corrected chi connectivity index (χ1v) is 35.5. The van der Waals surface area contributed by atoms with Crippen LogP contribution >= 0.6 is 0 Å². The van der Waals surface area contributed by atoms with Gasteiger partial charge >= 0.3 is 0 Å². The van der Waals surface area contributed by atoms with Crippen molar-refractivity contribution in [3.63, 3.8) is 0 Å². The number of rotatable bonds is 16. The number of hydrogen-bond acceptors (Lipinski definition) is 24. The van der Waals surface area contributed by atoms with Crippen LogP contribution in [0, 0.1) is 92.7 Å². The van der Waals surface area contributed by atoms with E-state index in [2.05, 4.69) is 133 Å². The molecule has 4 aromatic heterocycles. The third-order valence-electron chi connectivity index (χ3n) is 20.5. The highest BCUT2D eigenvalue weighted by atomic mass is 16.3. The molecule has 6 aliphatic rings. The molecule has 4 aliphatic heterocycles. The minimum atomic E-state index is -1.00. The lowest BCUT2D eigenvalue weighted by molar-refractivity contribution is -0.132. The summed E-state index contributed by atoms with van der Waals surface area (Å²) in [4.78, 5) is 92.3. The quantitative estimate of drug-likeness (QED) is 0.0604. The second-order valence-electron chi connectivity index (χ2n) is 28.9. The van der Waals surface area contributed by atoms with Crippen molar-refractivity contribution >= 4 is 90.5 Å². The van der Waals surface area contributed by atoms with Gasteiger partial charge in [0, 0.05) is 102 Å². The maximum atomic E-state index is 12.2. The molecule has 28 heteroatoms. The van der Waals surface area contributed by atoms with Crippen molar-refractivity contribution in [3.8, 4) is 24.3 Å². The number of nitrogens with zero attached hydrogens (tertiary/aromatic N) is 16. The molecule has 12 atom stereocenters. The Morgan fingerprint density at radius 3 is 0.769 bits per heavy atom. The van der Waals surface area contributed by atoms with E-state index >= 15 is 0 Å². The van der Waals surface area contributed by atoms with Crippen molar-refractivity contribution in [1.82, 2.24) is 61.1 Å². The Kier molecular flexibility index (Phi) is 23.3. The molecule has 8 heterocycles. The van der Waals surface area contributed by atoms with Gasteiger partial charge in [0.05, 0.1) is 69.2 Å². The van der Waals surface area contributed by atoms with Gasteiger partial charge < -0.3 is 61.3 Å². The molecule has 4 amide bonds. The number of hydrogen-bond donors (Lipinski definition) is 8. The van der Waals surface area contributed by atoms with Crippen molar-refractivity contribution in [2.75, 3.05) is 72.0 Å². The third-order valence-corrected chi connectivity index (χ3v) is 20.5. The van der Waals surface area contributed by atoms with E-state index in [4.69, 9.17) is 0 Å². The number of nitrogens with one attached hydrogen (secondary N) is 4. The zero-order valence-corrected chi connectivity index (χ0v) is 59.5. The molecule has 2 unspecified atom stereocenters. The molecule has 104 heavy (non-hydrogen) atoms. The van der Waals surface area contributed by atoms with Gasteiger partial charge in [0.1, 0.15) is 92.8 Å². The first-order valence-electron chi connectivity index (χ1n) is 35.5. The summed E-state index contributed by atoms with van der Waals surface area (Å²) in [6.07, 6.45) is 12.7. The van der Waals surface area contributed by atoms with Crippen LogP contribution in [0.4, 0.5) is 22.7 Å². The number of carbonyl (C=O) groups excluding carboxylic acids is 4. The van der Waals surface area contributed by atoms with Crippen LogP contribution in [0.15, 0.2) is 98.1 Å². The highest BCUT2D eigenvalue weighted by Crippen LogP contribution is 2.38. The Hall–Kier alpha value is -10.9. The molecule has 0 spiro atoms. The van der Waals surface area contributed by atoms with Gasteiger partial charge in [-0.25, -0.2) is 0 Å². The van der Waals surface area contributed by atoms with E-state index in [-0.39, 0.29) is 95.1 Å². The van der Waals surface area contributed by atoms with Gasteiger partial charge in [-0.15, -0.1) is 0 Å².